The van der Waals surface area contributed by atoms with Crippen LogP contribution in [0.3, 0.4) is 0 Å². The Morgan fingerprint density at radius 3 is 2.52 bits per heavy atom. The number of aliphatic carboxylic acids is 1. The maximum absolute atomic E-state index is 13.2. The Balaban J connectivity index is 2.09. The van der Waals surface area contributed by atoms with E-state index in [0.717, 1.165) is 31.2 Å². The molecule has 0 unspecified atom stereocenters. The van der Waals surface area contributed by atoms with Crippen molar-refractivity contribution in [2.75, 3.05) is 19.7 Å². The number of hydrogen-bond acceptors (Lipinski definition) is 4. The van der Waals surface area contributed by atoms with Gasteiger partial charge in [-0.15, -0.1) is 0 Å². The molecule has 9 heteroatoms. The molecule has 1 aromatic carbocycles. The van der Waals surface area contributed by atoms with Crippen molar-refractivity contribution in [1.82, 2.24) is 4.31 Å². The van der Waals surface area contributed by atoms with Gasteiger partial charge in [-0.1, -0.05) is 12.1 Å². The van der Waals surface area contributed by atoms with Crippen molar-refractivity contribution in [1.29, 1.82) is 0 Å². The molecule has 1 atom stereocenters. The average Bonchev–Trinajstić information content (AvgIpc) is 2.94. The number of ether oxygens (including phenoxy) is 1. The zero-order valence-corrected chi connectivity index (χ0v) is 13.2. The molecule has 2 rings (SSSR count). The van der Waals surface area contributed by atoms with Gasteiger partial charge < -0.3 is 9.84 Å². The van der Waals surface area contributed by atoms with Gasteiger partial charge in [0.2, 0.25) is 10.0 Å². The van der Waals surface area contributed by atoms with Gasteiger partial charge in [0.25, 0.3) is 5.92 Å². The number of nitrogens with zero attached hydrogens (tertiary/aromatic N) is 1. The summed E-state index contributed by atoms with van der Waals surface area (Å²) in [4.78, 5) is 10.4. The third-order valence-electron chi connectivity index (χ3n) is 3.55. The molecule has 23 heavy (non-hydrogen) atoms. The van der Waals surface area contributed by atoms with Crippen molar-refractivity contribution in [3.8, 4) is 0 Å². The van der Waals surface area contributed by atoms with Crippen LogP contribution in [0.15, 0.2) is 29.2 Å². The zero-order chi connectivity index (χ0) is 17.3. The molecule has 1 saturated heterocycles. The van der Waals surface area contributed by atoms with E-state index in [9.17, 15) is 22.0 Å². The largest absolute Gasteiger partial charge is 0.480 e. The molecule has 6 nitrogen and oxygen atoms in total. The van der Waals surface area contributed by atoms with Gasteiger partial charge in [-0.25, -0.2) is 22.0 Å². The van der Waals surface area contributed by atoms with E-state index in [1.165, 1.54) is 4.31 Å². The van der Waals surface area contributed by atoms with Crippen LogP contribution in [0, 0.1) is 0 Å². The Morgan fingerprint density at radius 2 is 2.00 bits per heavy atom. The van der Waals surface area contributed by atoms with Crippen LogP contribution in [0.1, 0.15) is 18.9 Å². The van der Waals surface area contributed by atoms with Crippen LogP contribution in [0.25, 0.3) is 0 Å². The number of halogens is 2. The first-order chi connectivity index (χ1) is 10.6. The monoisotopic (exact) mass is 349 g/mol. The standard InChI is InChI=1S/C14H17F2NO5S/c1-14(15,16)10-2-4-12(5-3-10)23(20,21)17-7-6-11(8-17)22-9-13(18)19/h2-5,11H,6-9H2,1H3,(H,18,19)/t11-/m0/s1. The van der Waals surface area contributed by atoms with Crippen molar-refractivity contribution in [3.05, 3.63) is 29.8 Å². The summed E-state index contributed by atoms with van der Waals surface area (Å²) in [5.74, 6) is -4.16. The van der Waals surface area contributed by atoms with Crippen LogP contribution in [0.5, 0.6) is 0 Å². The number of benzene rings is 1. The molecule has 1 aromatic rings. The Labute approximate surface area is 132 Å². The first-order valence-corrected chi connectivity index (χ1v) is 8.36. The molecule has 0 radical (unpaired) electrons. The number of carboxylic acid groups (broad SMARTS) is 1. The molecule has 0 aromatic heterocycles. The minimum absolute atomic E-state index is 0.0430. The Kier molecular flexibility index (Phi) is 5.02. The summed E-state index contributed by atoms with van der Waals surface area (Å²) in [6.45, 7) is 0.486. The van der Waals surface area contributed by atoms with Crippen LogP contribution in [-0.4, -0.2) is 49.6 Å². The lowest BCUT2D eigenvalue weighted by Gasteiger charge is -2.17. The average molecular weight is 349 g/mol. The zero-order valence-electron chi connectivity index (χ0n) is 12.4. The molecule has 0 amide bonds. The second kappa shape index (κ2) is 6.50. The molecule has 128 valence electrons. The maximum atomic E-state index is 13.2. The highest BCUT2D eigenvalue weighted by Gasteiger charge is 2.34. The third-order valence-corrected chi connectivity index (χ3v) is 5.43. The van der Waals surface area contributed by atoms with Crippen molar-refractivity contribution in [2.24, 2.45) is 0 Å². The number of alkyl halides is 2. The van der Waals surface area contributed by atoms with Gasteiger partial charge >= 0.3 is 5.97 Å². The first-order valence-electron chi connectivity index (χ1n) is 6.92. The van der Waals surface area contributed by atoms with Gasteiger partial charge in [0.15, 0.2) is 0 Å². The summed E-state index contributed by atoms with van der Waals surface area (Å²) in [5.41, 5.74) is -0.263. The highest BCUT2D eigenvalue weighted by molar-refractivity contribution is 7.89. The molecular formula is C14H17F2NO5S. The van der Waals surface area contributed by atoms with E-state index in [0.29, 0.717) is 6.42 Å². The van der Waals surface area contributed by atoms with E-state index in [1.807, 2.05) is 0 Å². The number of hydrogen-bond donors (Lipinski definition) is 1. The fourth-order valence-corrected chi connectivity index (χ4v) is 3.80. The third kappa shape index (κ3) is 4.24. The Bertz CT molecular complexity index is 669. The van der Waals surface area contributed by atoms with E-state index in [2.05, 4.69) is 0 Å². The second-order valence-electron chi connectivity index (χ2n) is 5.39. The van der Waals surface area contributed by atoms with E-state index < -0.39 is 34.6 Å². The number of carboxylic acids is 1. The van der Waals surface area contributed by atoms with E-state index in [1.54, 1.807) is 0 Å². The molecule has 1 aliphatic rings. The summed E-state index contributed by atoms with van der Waals surface area (Å²) in [5, 5.41) is 8.55. The topological polar surface area (TPSA) is 83.9 Å². The van der Waals surface area contributed by atoms with Crippen LogP contribution < -0.4 is 0 Å². The SMILES string of the molecule is CC(F)(F)c1ccc(S(=O)(=O)N2CC[C@H](OCC(=O)O)C2)cc1. The van der Waals surface area contributed by atoms with Crippen molar-refractivity contribution in [2.45, 2.75) is 30.3 Å². The Hall–Kier alpha value is -1.58. The summed E-state index contributed by atoms with van der Waals surface area (Å²) >= 11 is 0. The molecule has 0 bridgehead atoms. The smallest absolute Gasteiger partial charge is 0.329 e. The molecule has 0 aliphatic carbocycles. The van der Waals surface area contributed by atoms with Crippen molar-refractivity contribution >= 4 is 16.0 Å². The summed E-state index contributed by atoms with van der Waals surface area (Å²) < 4.78 is 57.5. The van der Waals surface area contributed by atoms with Gasteiger partial charge in [-0.05, 0) is 18.6 Å². The van der Waals surface area contributed by atoms with Gasteiger partial charge in [0.05, 0.1) is 11.0 Å². The minimum atomic E-state index is -3.81. The normalized spacial score (nSPS) is 19.9. The van der Waals surface area contributed by atoms with Crippen LogP contribution in [0.4, 0.5) is 8.78 Å². The maximum Gasteiger partial charge on any atom is 0.329 e. The molecule has 0 saturated carbocycles. The predicted octanol–water partition coefficient (Wildman–Crippen LogP) is 1.66. The van der Waals surface area contributed by atoms with Crippen molar-refractivity contribution in [3.63, 3.8) is 0 Å². The van der Waals surface area contributed by atoms with Crippen LogP contribution in [-0.2, 0) is 25.5 Å². The lowest BCUT2D eigenvalue weighted by Crippen LogP contribution is -2.30. The van der Waals surface area contributed by atoms with E-state index >= 15 is 0 Å². The number of carbonyl (C=O) groups is 1. The molecular weight excluding hydrogens is 332 g/mol. The van der Waals surface area contributed by atoms with Gasteiger partial charge in [-0.3, -0.25) is 0 Å². The molecule has 1 N–H and O–H groups in total. The molecule has 1 heterocycles. The lowest BCUT2D eigenvalue weighted by atomic mass is 10.1. The van der Waals surface area contributed by atoms with Crippen molar-refractivity contribution < 1.29 is 31.8 Å². The summed E-state index contributed by atoms with van der Waals surface area (Å²) in [6.07, 6.45) is -0.0995. The van der Waals surface area contributed by atoms with Gasteiger partial charge in [0, 0.05) is 25.6 Å². The molecule has 1 fully saturated rings. The quantitative estimate of drug-likeness (QED) is 0.844. The lowest BCUT2D eigenvalue weighted by molar-refractivity contribution is -0.144. The molecule has 1 aliphatic heterocycles. The van der Waals surface area contributed by atoms with Crippen LogP contribution in [0.2, 0.25) is 0 Å². The second-order valence-corrected chi connectivity index (χ2v) is 7.33. The van der Waals surface area contributed by atoms with E-state index in [4.69, 9.17) is 9.84 Å². The Morgan fingerprint density at radius 1 is 1.39 bits per heavy atom. The van der Waals surface area contributed by atoms with Gasteiger partial charge in [-0.2, -0.15) is 4.31 Å². The fraction of sp³-hybridized carbons (Fsp3) is 0.500. The number of sulfonamides is 1. The fourth-order valence-electron chi connectivity index (χ4n) is 2.31. The molecule has 0 spiro atoms. The summed E-state index contributed by atoms with van der Waals surface area (Å²) in [7, 11) is -3.81. The minimum Gasteiger partial charge on any atom is -0.480 e. The van der Waals surface area contributed by atoms with E-state index in [-0.39, 0.29) is 23.5 Å². The number of rotatable bonds is 6. The van der Waals surface area contributed by atoms with Gasteiger partial charge in [0.1, 0.15) is 6.61 Å². The highest BCUT2D eigenvalue weighted by Crippen LogP contribution is 2.29. The predicted molar refractivity (Wildman–Crippen MR) is 76.8 cm³/mol. The summed E-state index contributed by atoms with van der Waals surface area (Å²) in [6, 6.07) is 4.46. The van der Waals surface area contributed by atoms with Crippen LogP contribution >= 0.6 is 0 Å². The highest BCUT2D eigenvalue weighted by atomic mass is 32.2. The first kappa shape index (κ1) is 17.8.